The van der Waals surface area contributed by atoms with E-state index in [2.05, 4.69) is 74.9 Å². The number of aromatic nitrogens is 3. The third-order valence-corrected chi connectivity index (χ3v) is 9.78. The largest absolute Gasteiger partial charge is 0.361 e. The first kappa shape index (κ1) is 27.1. The first-order valence-corrected chi connectivity index (χ1v) is 15.9. The Morgan fingerprint density at radius 1 is 0.818 bits per heavy atom. The molecule has 0 unspecified atom stereocenters. The summed E-state index contributed by atoms with van der Waals surface area (Å²) in [5.74, 6) is 1.91. The molecule has 44 heavy (non-hydrogen) atoms. The minimum Gasteiger partial charge on any atom is -0.361 e. The van der Waals surface area contributed by atoms with Crippen molar-refractivity contribution in [2.24, 2.45) is 11.8 Å². The second-order valence-corrected chi connectivity index (χ2v) is 12.9. The van der Waals surface area contributed by atoms with Gasteiger partial charge in [0.05, 0.1) is 11.0 Å². The zero-order chi connectivity index (χ0) is 29.8. The van der Waals surface area contributed by atoms with Gasteiger partial charge in [0.1, 0.15) is 5.82 Å². The van der Waals surface area contributed by atoms with E-state index in [1.165, 1.54) is 10.9 Å². The van der Waals surface area contributed by atoms with Crippen LogP contribution in [0.15, 0.2) is 72.9 Å². The first-order valence-electron chi connectivity index (χ1n) is 15.9. The van der Waals surface area contributed by atoms with Crippen molar-refractivity contribution >= 4 is 33.8 Å². The molecule has 1 saturated carbocycles. The van der Waals surface area contributed by atoms with Gasteiger partial charge in [0, 0.05) is 74.6 Å². The number of rotatable bonds is 6. The molecule has 2 aromatic heterocycles. The lowest BCUT2D eigenvalue weighted by Gasteiger charge is -2.32. The van der Waals surface area contributed by atoms with Gasteiger partial charge in [-0.15, -0.1) is 0 Å². The zero-order valence-electron chi connectivity index (χ0n) is 25.2. The molecule has 3 fully saturated rings. The highest BCUT2D eigenvalue weighted by molar-refractivity contribution is 5.98. The third kappa shape index (κ3) is 5.07. The van der Waals surface area contributed by atoms with Gasteiger partial charge < -0.3 is 24.3 Å². The number of fused-ring (bicyclic) bond motifs is 2. The van der Waals surface area contributed by atoms with Crippen LogP contribution in [0.3, 0.4) is 0 Å². The molecule has 1 aliphatic carbocycles. The van der Waals surface area contributed by atoms with Crippen molar-refractivity contribution in [2.75, 3.05) is 46.3 Å². The van der Waals surface area contributed by atoms with Crippen molar-refractivity contribution in [3.8, 4) is 22.5 Å². The molecular weight excluding hydrogens is 548 g/mol. The number of benzene rings is 3. The summed E-state index contributed by atoms with van der Waals surface area (Å²) >= 11 is 0. The lowest BCUT2D eigenvalue weighted by molar-refractivity contribution is -0.131. The third-order valence-electron chi connectivity index (χ3n) is 9.78. The number of nitrogens with zero attached hydrogens (tertiary/aromatic N) is 5. The van der Waals surface area contributed by atoms with E-state index in [1.807, 2.05) is 29.3 Å². The molecule has 3 aromatic carbocycles. The van der Waals surface area contributed by atoms with Crippen LogP contribution in [0.4, 0.5) is 0 Å². The van der Waals surface area contributed by atoms with Gasteiger partial charge in [-0.05, 0) is 85.1 Å². The standard InChI is InChI=1S/C36H38N6O2/c1-39-16-18-40(19-17-39)36(44)30-9-11-32-33(21-30)42(23-24-13-15-41(22-24)35(43)27-6-7-27)34(38-32)26-4-2-25(3-5-26)28-8-10-31-29(20-28)12-14-37-31/h2-5,8-12,14,20-21,24,27,37H,6-7,13,15-19,22-23H2,1H3/t24-/m1/s1. The molecule has 4 heterocycles. The topological polar surface area (TPSA) is 77.5 Å². The molecule has 0 spiro atoms. The number of H-pyrrole nitrogens is 1. The van der Waals surface area contributed by atoms with Crippen LogP contribution >= 0.6 is 0 Å². The molecule has 224 valence electrons. The van der Waals surface area contributed by atoms with Crippen LogP contribution in [0, 0.1) is 11.8 Å². The van der Waals surface area contributed by atoms with E-state index < -0.39 is 0 Å². The Balaban J connectivity index is 1.13. The van der Waals surface area contributed by atoms with Gasteiger partial charge in [0.2, 0.25) is 5.91 Å². The molecule has 2 saturated heterocycles. The second-order valence-electron chi connectivity index (χ2n) is 12.9. The van der Waals surface area contributed by atoms with E-state index in [1.54, 1.807) is 0 Å². The molecule has 8 rings (SSSR count). The average Bonchev–Trinajstić information content (AvgIpc) is 3.45. The quantitative estimate of drug-likeness (QED) is 0.285. The number of amides is 2. The van der Waals surface area contributed by atoms with E-state index >= 15 is 0 Å². The van der Waals surface area contributed by atoms with Crippen molar-refractivity contribution in [1.82, 2.24) is 29.2 Å². The van der Waals surface area contributed by atoms with Crippen molar-refractivity contribution in [2.45, 2.75) is 25.8 Å². The number of hydrogen-bond donors (Lipinski definition) is 1. The van der Waals surface area contributed by atoms with Crippen LogP contribution < -0.4 is 0 Å². The van der Waals surface area contributed by atoms with Crippen LogP contribution in [0.2, 0.25) is 0 Å². The number of imidazole rings is 1. The maximum absolute atomic E-state index is 13.5. The summed E-state index contributed by atoms with van der Waals surface area (Å²) < 4.78 is 2.30. The fourth-order valence-electron chi connectivity index (χ4n) is 6.93. The van der Waals surface area contributed by atoms with Gasteiger partial charge in [-0.1, -0.05) is 30.3 Å². The highest BCUT2D eigenvalue weighted by atomic mass is 16.2. The summed E-state index contributed by atoms with van der Waals surface area (Å²) in [5.41, 5.74) is 7.09. The van der Waals surface area contributed by atoms with Gasteiger partial charge in [0.25, 0.3) is 5.91 Å². The predicted octanol–water partition coefficient (Wildman–Crippen LogP) is 5.50. The summed E-state index contributed by atoms with van der Waals surface area (Å²) in [6.07, 6.45) is 5.03. The molecule has 3 aliphatic rings. The second kappa shape index (κ2) is 10.9. The van der Waals surface area contributed by atoms with Crippen molar-refractivity contribution in [1.29, 1.82) is 0 Å². The SMILES string of the molecule is CN1CCN(C(=O)c2ccc3nc(-c4ccc(-c5ccc6[nH]ccc6c5)cc4)n(C[C@@H]4CCN(C(=O)C5CC5)C4)c3c2)CC1. The Kier molecular flexibility index (Phi) is 6.74. The van der Waals surface area contributed by atoms with Gasteiger partial charge in [-0.25, -0.2) is 4.98 Å². The molecule has 8 nitrogen and oxygen atoms in total. The Bertz CT molecular complexity index is 1860. The summed E-state index contributed by atoms with van der Waals surface area (Å²) in [5, 5.41) is 1.20. The van der Waals surface area contributed by atoms with Gasteiger partial charge in [-0.3, -0.25) is 9.59 Å². The molecule has 1 N–H and O–H groups in total. The predicted molar refractivity (Wildman–Crippen MR) is 173 cm³/mol. The lowest BCUT2D eigenvalue weighted by Crippen LogP contribution is -2.47. The highest BCUT2D eigenvalue weighted by Crippen LogP contribution is 2.35. The minimum absolute atomic E-state index is 0.0834. The van der Waals surface area contributed by atoms with E-state index in [0.717, 1.165) is 98.6 Å². The first-order chi connectivity index (χ1) is 21.5. The molecule has 8 heteroatoms. The number of hydrogen-bond acceptors (Lipinski definition) is 4. The fraction of sp³-hybridized carbons (Fsp3) is 0.361. The highest BCUT2D eigenvalue weighted by Gasteiger charge is 2.37. The normalized spacial score (nSPS) is 19.3. The average molecular weight is 587 g/mol. The number of aromatic amines is 1. The minimum atomic E-state index is 0.0834. The lowest BCUT2D eigenvalue weighted by atomic mass is 10.0. The van der Waals surface area contributed by atoms with E-state index in [9.17, 15) is 9.59 Å². The number of carbonyl (C=O) groups excluding carboxylic acids is 2. The maximum atomic E-state index is 13.5. The molecule has 1 atom stereocenters. The van der Waals surface area contributed by atoms with Crippen LogP contribution in [-0.4, -0.2) is 87.4 Å². The Morgan fingerprint density at radius 3 is 2.39 bits per heavy atom. The summed E-state index contributed by atoms with van der Waals surface area (Å²) in [7, 11) is 2.10. The molecular formula is C36H38N6O2. The van der Waals surface area contributed by atoms with Gasteiger partial charge in [-0.2, -0.15) is 0 Å². The fourth-order valence-corrected chi connectivity index (χ4v) is 6.93. The van der Waals surface area contributed by atoms with Gasteiger partial charge >= 0.3 is 0 Å². The van der Waals surface area contributed by atoms with Crippen molar-refractivity contribution in [3.05, 3.63) is 78.5 Å². The summed E-state index contributed by atoms with van der Waals surface area (Å²) in [6.45, 7) is 5.65. The number of piperazine rings is 1. The van der Waals surface area contributed by atoms with Crippen molar-refractivity contribution in [3.63, 3.8) is 0 Å². The summed E-state index contributed by atoms with van der Waals surface area (Å²) in [4.78, 5) is 41.0. The smallest absolute Gasteiger partial charge is 0.254 e. The van der Waals surface area contributed by atoms with Crippen LogP contribution in [0.25, 0.3) is 44.5 Å². The van der Waals surface area contributed by atoms with E-state index in [4.69, 9.17) is 4.98 Å². The Morgan fingerprint density at radius 2 is 1.59 bits per heavy atom. The maximum Gasteiger partial charge on any atom is 0.254 e. The number of likely N-dealkylation sites (N-methyl/N-ethyl adjacent to an activating group) is 1. The Labute approximate surface area is 257 Å². The van der Waals surface area contributed by atoms with Crippen LogP contribution in [-0.2, 0) is 11.3 Å². The number of nitrogens with one attached hydrogen (secondary N) is 1. The van der Waals surface area contributed by atoms with Crippen LogP contribution in [0.1, 0.15) is 29.6 Å². The van der Waals surface area contributed by atoms with Gasteiger partial charge in [0.15, 0.2) is 0 Å². The zero-order valence-corrected chi connectivity index (χ0v) is 25.2. The molecule has 2 amide bonds. The monoisotopic (exact) mass is 586 g/mol. The van der Waals surface area contributed by atoms with E-state index in [-0.39, 0.29) is 11.8 Å². The molecule has 0 bridgehead atoms. The Hall–Kier alpha value is -4.43. The molecule has 2 aliphatic heterocycles. The van der Waals surface area contributed by atoms with E-state index in [0.29, 0.717) is 17.4 Å². The summed E-state index contributed by atoms with van der Waals surface area (Å²) in [6, 6.07) is 23.2. The number of carbonyl (C=O) groups is 2. The molecule has 5 aromatic rings. The number of likely N-dealkylation sites (tertiary alicyclic amines) is 1. The van der Waals surface area contributed by atoms with Crippen molar-refractivity contribution < 1.29 is 9.59 Å². The molecule has 0 radical (unpaired) electrons. The van der Waals surface area contributed by atoms with Crippen LogP contribution in [0.5, 0.6) is 0 Å².